The Morgan fingerprint density at radius 3 is 2.35 bits per heavy atom. The Kier molecular flexibility index (Phi) is 5.46. The first-order chi connectivity index (χ1) is 7.67. The van der Waals surface area contributed by atoms with Crippen molar-refractivity contribution in [2.45, 2.75) is 33.3 Å². The number of nitrogens with two attached hydrogens (primary N) is 1. The molecule has 0 aromatic rings. The molecule has 0 heterocycles. The van der Waals surface area contributed by atoms with E-state index >= 15 is 0 Å². The normalized spacial score (nSPS) is 11.9. The molecule has 0 aliphatic heterocycles. The minimum absolute atomic E-state index is 0.0397. The zero-order valence-corrected chi connectivity index (χ0v) is 10.4. The van der Waals surface area contributed by atoms with Crippen LogP contribution in [-0.2, 0) is 9.53 Å². The zero-order valence-electron chi connectivity index (χ0n) is 10.4. The van der Waals surface area contributed by atoms with Crippen LogP contribution in [0.1, 0.15) is 27.7 Å². The predicted molar refractivity (Wildman–Crippen MR) is 61.7 cm³/mol. The minimum Gasteiger partial charge on any atom is -0.443 e. The molecular formula is C10H17N3O4. The maximum atomic E-state index is 11.4. The maximum absolute atomic E-state index is 11.4. The lowest BCUT2D eigenvalue weighted by atomic mass is 10.2. The van der Waals surface area contributed by atoms with Gasteiger partial charge < -0.3 is 4.74 Å². The van der Waals surface area contributed by atoms with Crippen LogP contribution in [0.4, 0.5) is 4.79 Å². The number of carbonyl (C=O) groups excluding carboxylic acids is 2. The number of amides is 2. The lowest BCUT2D eigenvalue weighted by molar-refractivity contribution is -0.114. The van der Waals surface area contributed by atoms with Crippen LogP contribution < -0.4 is 5.84 Å². The van der Waals surface area contributed by atoms with E-state index in [-0.39, 0.29) is 12.1 Å². The lowest BCUT2D eigenvalue weighted by Crippen LogP contribution is -2.41. The van der Waals surface area contributed by atoms with Crippen molar-refractivity contribution in [2.24, 2.45) is 11.0 Å². The molecule has 0 aliphatic carbocycles. The SMILES string of the molecule is C/C(=C/CN(N)C(=O)OC(C)(C)C)C(=O)N=O. The standard InChI is InChI=1S/C10H17N3O4/c1-7(8(14)12-16)5-6-13(11)9(15)17-10(2,3)4/h5H,6,11H2,1-4H3/b7-5-. The van der Waals surface area contributed by atoms with Crippen LogP contribution in [0.5, 0.6) is 0 Å². The van der Waals surface area contributed by atoms with Crippen molar-refractivity contribution in [3.8, 4) is 0 Å². The first-order valence-electron chi connectivity index (χ1n) is 4.97. The molecule has 0 spiro atoms. The molecule has 17 heavy (non-hydrogen) atoms. The highest BCUT2D eigenvalue weighted by atomic mass is 16.6. The lowest BCUT2D eigenvalue weighted by Gasteiger charge is -2.23. The second-order valence-electron chi connectivity index (χ2n) is 4.42. The number of ether oxygens (including phenoxy) is 1. The Hall–Kier alpha value is -1.76. The van der Waals surface area contributed by atoms with E-state index in [4.69, 9.17) is 10.6 Å². The van der Waals surface area contributed by atoms with Gasteiger partial charge in [-0.2, -0.15) is 0 Å². The van der Waals surface area contributed by atoms with E-state index in [0.717, 1.165) is 5.01 Å². The third-order valence-electron chi connectivity index (χ3n) is 1.64. The maximum Gasteiger partial charge on any atom is 0.424 e. The summed E-state index contributed by atoms with van der Waals surface area (Å²) in [6.07, 6.45) is 0.612. The molecule has 7 nitrogen and oxygen atoms in total. The van der Waals surface area contributed by atoms with Crippen LogP contribution in [0.3, 0.4) is 0 Å². The van der Waals surface area contributed by atoms with Gasteiger partial charge in [0.25, 0.3) is 0 Å². The van der Waals surface area contributed by atoms with Crippen LogP contribution in [0.25, 0.3) is 0 Å². The third kappa shape index (κ3) is 6.41. The monoisotopic (exact) mass is 243 g/mol. The summed E-state index contributed by atoms with van der Waals surface area (Å²) in [4.78, 5) is 32.1. The van der Waals surface area contributed by atoms with Gasteiger partial charge in [-0.25, -0.2) is 15.6 Å². The highest BCUT2D eigenvalue weighted by molar-refractivity contribution is 5.93. The van der Waals surface area contributed by atoms with E-state index in [2.05, 4.69) is 5.18 Å². The van der Waals surface area contributed by atoms with Gasteiger partial charge >= 0.3 is 12.0 Å². The van der Waals surface area contributed by atoms with Gasteiger partial charge in [-0.05, 0) is 27.7 Å². The Labute approximate surface area is 99.5 Å². The van der Waals surface area contributed by atoms with E-state index in [9.17, 15) is 14.5 Å². The molecule has 0 atom stereocenters. The summed E-state index contributed by atoms with van der Waals surface area (Å²) in [5, 5.41) is 3.04. The van der Waals surface area contributed by atoms with E-state index in [0.29, 0.717) is 0 Å². The second kappa shape index (κ2) is 6.09. The fraction of sp³-hybridized carbons (Fsp3) is 0.600. The average molecular weight is 243 g/mol. The van der Waals surface area contributed by atoms with Crippen LogP contribution in [0.2, 0.25) is 0 Å². The van der Waals surface area contributed by atoms with E-state index in [1.165, 1.54) is 13.0 Å². The highest BCUT2D eigenvalue weighted by Crippen LogP contribution is 2.08. The molecule has 2 amide bonds. The number of hydrogen-bond acceptors (Lipinski definition) is 5. The van der Waals surface area contributed by atoms with Crippen molar-refractivity contribution in [1.29, 1.82) is 0 Å². The summed E-state index contributed by atoms with van der Waals surface area (Å²) in [5.74, 6) is 4.52. The quantitative estimate of drug-likeness (QED) is 0.265. The van der Waals surface area contributed by atoms with Crippen molar-refractivity contribution in [1.82, 2.24) is 5.01 Å². The summed E-state index contributed by atoms with van der Waals surface area (Å²) < 4.78 is 4.98. The Bertz CT molecular complexity index is 344. The molecule has 0 aliphatic rings. The Morgan fingerprint density at radius 1 is 1.41 bits per heavy atom. The van der Waals surface area contributed by atoms with Crippen LogP contribution in [-0.4, -0.2) is 29.2 Å². The minimum atomic E-state index is -0.886. The van der Waals surface area contributed by atoms with Gasteiger partial charge in [-0.1, -0.05) is 6.08 Å². The van der Waals surface area contributed by atoms with Crippen LogP contribution in [0, 0.1) is 4.91 Å². The average Bonchev–Trinajstić information content (AvgIpc) is 2.21. The van der Waals surface area contributed by atoms with Gasteiger partial charge in [-0.15, -0.1) is 4.91 Å². The van der Waals surface area contributed by atoms with Crippen molar-refractivity contribution >= 4 is 12.0 Å². The topological polar surface area (TPSA) is 102 Å². The highest BCUT2D eigenvalue weighted by Gasteiger charge is 2.19. The second-order valence-corrected chi connectivity index (χ2v) is 4.42. The van der Waals surface area contributed by atoms with Gasteiger partial charge in [-0.3, -0.25) is 4.79 Å². The van der Waals surface area contributed by atoms with Crippen LogP contribution >= 0.6 is 0 Å². The molecular weight excluding hydrogens is 226 g/mol. The van der Waals surface area contributed by atoms with Crippen molar-refractivity contribution in [3.63, 3.8) is 0 Å². The van der Waals surface area contributed by atoms with E-state index in [1.54, 1.807) is 20.8 Å². The first-order valence-corrected chi connectivity index (χ1v) is 4.97. The zero-order chi connectivity index (χ0) is 13.6. The molecule has 0 unspecified atom stereocenters. The molecule has 2 N–H and O–H groups in total. The fourth-order valence-electron chi connectivity index (χ4n) is 0.790. The number of nitrogens with zero attached hydrogens (tertiary/aromatic N) is 2. The molecule has 0 radical (unpaired) electrons. The predicted octanol–water partition coefficient (Wildman–Crippen LogP) is 1.34. The molecule has 0 bridgehead atoms. The summed E-state index contributed by atoms with van der Waals surface area (Å²) in [6, 6.07) is 0. The Morgan fingerprint density at radius 2 is 1.94 bits per heavy atom. The van der Waals surface area contributed by atoms with Crippen molar-refractivity contribution in [3.05, 3.63) is 16.6 Å². The summed E-state index contributed by atoms with van der Waals surface area (Å²) in [6.45, 7) is 6.49. The van der Waals surface area contributed by atoms with Gasteiger partial charge in [0.1, 0.15) is 5.60 Å². The van der Waals surface area contributed by atoms with Gasteiger partial charge in [0.05, 0.1) is 6.54 Å². The fourth-order valence-corrected chi connectivity index (χ4v) is 0.790. The number of rotatable bonds is 3. The largest absolute Gasteiger partial charge is 0.443 e. The molecule has 7 heteroatoms. The number of hydrazine groups is 1. The van der Waals surface area contributed by atoms with Crippen LogP contribution in [0.15, 0.2) is 16.8 Å². The number of carbonyl (C=O) groups is 2. The van der Waals surface area contributed by atoms with Gasteiger partial charge in [0.15, 0.2) is 0 Å². The van der Waals surface area contributed by atoms with Gasteiger partial charge in [0, 0.05) is 10.7 Å². The third-order valence-corrected chi connectivity index (χ3v) is 1.64. The van der Waals surface area contributed by atoms with Gasteiger partial charge in [0.2, 0.25) is 0 Å². The summed E-state index contributed by atoms with van der Waals surface area (Å²) >= 11 is 0. The molecule has 0 saturated heterocycles. The summed E-state index contributed by atoms with van der Waals surface area (Å²) in [5.41, 5.74) is -0.521. The molecule has 0 aromatic heterocycles. The Balaban J connectivity index is 4.36. The number of nitroso groups, excluding NO2 is 1. The molecule has 96 valence electrons. The molecule has 0 fully saturated rings. The smallest absolute Gasteiger partial charge is 0.424 e. The van der Waals surface area contributed by atoms with E-state index < -0.39 is 17.6 Å². The molecule has 0 rings (SSSR count). The van der Waals surface area contributed by atoms with Crippen molar-refractivity contribution < 1.29 is 14.3 Å². The molecule has 0 aromatic carbocycles. The first kappa shape index (κ1) is 15.2. The molecule has 0 saturated carbocycles. The number of hydrogen-bond donors (Lipinski definition) is 1. The van der Waals surface area contributed by atoms with Crippen molar-refractivity contribution in [2.75, 3.05) is 6.54 Å². The van der Waals surface area contributed by atoms with E-state index in [1.807, 2.05) is 0 Å². The summed E-state index contributed by atoms with van der Waals surface area (Å²) in [7, 11) is 0.